The second-order valence-corrected chi connectivity index (χ2v) is 12.0. The molecule has 2 aromatic heterocycles. The van der Waals surface area contributed by atoms with Gasteiger partial charge in [-0.3, -0.25) is 14.3 Å². The third kappa shape index (κ3) is 7.06. The number of fused-ring (bicyclic) bond motifs is 1. The number of para-hydroxylation sites is 1. The summed E-state index contributed by atoms with van der Waals surface area (Å²) in [6, 6.07) is 10.5. The summed E-state index contributed by atoms with van der Waals surface area (Å²) in [5.41, 5.74) is 5.10. The highest BCUT2D eigenvalue weighted by Gasteiger charge is 2.56. The predicted octanol–water partition coefficient (Wildman–Crippen LogP) is 2.49. The summed E-state index contributed by atoms with van der Waals surface area (Å²) in [6.45, 7) is 5.25. The number of hydrogen-bond acceptors (Lipinski definition) is 12. The number of aliphatic imine (C=N–C) groups is 1. The van der Waals surface area contributed by atoms with Crippen LogP contribution in [0, 0.1) is 5.92 Å². The first-order valence-electron chi connectivity index (χ1n) is 14.1. The van der Waals surface area contributed by atoms with Crippen LogP contribution in [-0.4, -0.2) is 81.6 Å². The lowest BCUT2D eigenvalue weighted by Crippen LogP contribution is -2.43. The number of rotatable bonds is 14. The minimum Gasteiger partial charge on any atom is -0.464 e. The highest BCUT2D eigenvalue weighted by atomic mass is 31.2. The lowest BCUT2D eigenvalue weighted by atomic mass is 9.92. The van der Waals surface area contributed by atoms with Gasteiger partial charge in [0.2, 0.25) is 0 Å². The van der Waals surface area contributed by atoms with Crippen molar-refractivity contribution in [2.45, 2.75) is 63.6 Å². The van der Waals surface area contributed by atoms with Gasteiger partial charge in [0.15, 0.2) is 11.4 Å². The van der Waals surface area contributed by atoms with Crippen LogP contribution in [-0.2, 0) is 29.0 Å². The molecule has 0 amide bonds. The van der Waals surface area contributed by atoms with Gasteiger partial charge in [-0.05, 0) is 37.1 Å². The van der Waals surface area contributed by atoms with Crippen molar-refractivity contribution in [3.8, 4) is 5.75 Å². The van der Waals surface area contributed by atoms with Crippen molar-refractivity contribution in [1.29, 1.82) is 0 Å². The van der Waals surface area contributed by atoms with Gasteiger partial charge in [0.05, 0.1) is 18.9 Å². The monoisotopic (exact) mass is 618 g/mol. The minimum atomic E-state index is -4.27. The summed E-state index contributed by atoms with van der Waals surface area (Å²) >= 11 is 0. The van der Waals surface area contributed by atoms with Gasteiger partial charge in [0, 0.05) is 13.3 Å². The Hall–Kier alpha value is -3.39. The maximum absolute atomic E-state index is 14.0. The third-order valence-corrected chi connectivity index (χ3v) is 9.04. The van der Waals surface area contributed by atoms with E-state index in [1.54, 1.807) is 42.5 Å². The molecular formula is C28H39N6O8P. The van der Waals surface area contributed by atoms with Crippen molar-refractivity contribution in [3.63, 3.8) is 0 Å². The number of nitrogens with two attached hydrogens (primary N) is 1. The Morgan fingerprint density at radius 2 is 1.98 bits per heavy atom. The van der Waals surface area contributed by atoms with Crippen molar-refractivity contribution in [3.05, 3.63) is 54.5 Å². The number of carbonyl (C=O) groups is 1. The normalized spacial score (nSPS) is 24.4. The van der Waals surface area contributed by atoms with Crippen molar-refractivity contribution < 1.29 is 38.1 Å². The average molecular weight is 619 g/mol. The van der Waals surface area contributed by atoms with Crippen LogP contribution in [0.25, 0.3) is 5.52 Å². The van der Waals surface area contributed by atoms with Crippen LogP contribution in [0.3, 0.4) is 0 Å². The van der Waals surface area contributed by atoms with Gasteiger partial charge >= 0.3 is 13.7 Å². The summed E-state index contributed by atoms with van der Waals surface area (Å²) in [7, 11) is -2.78. The fraction of sp³-hybridized carbons (Fsp3) is 0.500. The molecule has 0 bridgehead atoms. The Balaban J connectivity index is 1.56. The first-order chi connectivity index (χ1) is 20.6. The van der Waals surface area contributed by atoms with E-state index in [4.69, 9.17) is 24.3 Å². The molecule has 1 aliphatic heterocycles. The Bertz CT molecular complexity index is 1450. The molecule has 6 atom stereocenters. The molecule has 0 spiro atoms. The van der Waals surface area contributed by atoms with E-state index in [1.165, 1.54) is 31.0 Å². The van der Waals surface area contributed by atoms with E-state index in [2.05, 4.69) is 20.2 Å². The molecule has 43 heavy (non-hydrogen) atoms. The van der Waals surface area contributed by atoms with Crippen molar-refractivity contribution in [1.82, 2.24) is 19.7 Å². The standard InChI is InChI=1S/C28H39N6O8P/c1-5-19(6-2)14-39-27(37)18(3)33-43(38,42-20-10-8-7-9-11-20)40-15-22-24(35)25(36)28(41-22,16-30-4)23-13-12-21-26(29)31-17-32-34(21)23/h7-13,16-19,22,24-25,35-36H,5-6,14-15H2,1-4H3,(H,33,38)(H2,29,31,32)/b30-16-/t18-,22+,24+,25+,28-,43?/m0/s1. The van der Waals surface area contributed by atoms with E-state index in [1.807, 2.05) is 13.8 Å². The van der Waals surface area contributed by atoms with Crippen LogP contribution in [0.4, 0.5) is 5.82 Å². The minimum absolute atomic E-state index is 0.204. The number of aromatic nitrogens is 3. The number of nitrogens with zero attached hydrogens (tertiary/aromatic N) is 4. The number of nitrogen functional groups attached to an aromatic ring is 1. The SMILES string of the molecule is CCC(CC)COC(=O)[C@H](C)NP(=O)(OC[C@H]1O[C@@](/C=N\C)(c2ccc3c(N)ncnn23)[C@H](O)[C@@H]1O)Oc1ccccc1. The highest BCUT2D eigenvalue weighted by molar-refractivity contribution is 7.52. The summed E-state index contributed by atoms with van der Waals surface area (Å²) in [6.07, 6.45) is 0.0605. The number of nitrogens with one attached hydrogen (secondary N) is 1. The van der Waals surface area contributed by atoms with E-state index < -0.39 is 50.3 Å². The molecule has 3 heterocycles. The summed E-state index contributed by atoms with van der Waals surface area (Å²) in [5.74, 6) is 0.00267. The zero-order valence-corrected chi connectivity index (χ0v) is 25.5. The van der Waals surface area contributed by atoms with Crippen molar-refractivity contribution >= 4 is 31.3 Å². The molecule has 0 aliphatic carbocycles. The number of carbonyl (C=O) groups excluding carboxylic acids is 1. The van der Waals surface area contributed by atoms with Crippen LogP contribution in [0.1, 0.15) is 39.3 Å². The fourth-order valence-corrected chi connectivity index (χ4v) is 6.33. The summed E-state index contributed by atoms with van der Waals surface area (Å²) in [5, 5.41) is 29.2. The molecule has 234 valence electrons. The highest BCUT2D eigenvalue weighted by Crippen LogP contribution is 2.47. The molecule has 1 aromatic carbocycles. The Morgan fingerprint density at radius 1 is 1.26 bits per heavy atom. The number of ether oxygens (including phenoxy) is 2. The molecule has 4 rings (SSSR count). The lowest BCUT2D eigenvalue weighted by Gasteiger charge is -2.28. The van der Waals surface area contributed by atoms with Gasteiger partial charge in [0.1, 0.15) is 41.9 Å². The van der Waals surface area contributed by atoms with Gasteiger partial charge in [-0.1, -0.05) is 44.9 Å². The second kappa shape index (κ2) is 13.9. The van der Waals surface area contributed by atoms with E-state index >= 15 is 0 Å². The lowest BCUT2D eigenvalue weighted by molar-refractivity contribution is -0.146. The molecule has 1 aliphatic rings. The number of benzene rings is 1. The Kier molecular flexibility index (Phi) is 10.5. The van der Waals surface area contributed by atoms with Crippen LogP contribution < -0.4 is 15.3 Å². The van der Waals surface area contributed by atoms with Crippen LogP contribution >= 0.6 is 7.75 Å². The summed E-state index contributed by atoms with van der Waals surface area (Å²) in [4.78, 5) is 20.8. The number of hydrogen-bond donors (Lipinski definition) is 4. The molecule has 5 N–H and O–H groups in total. The molecule has 3 aromatic rings. The average Bonchev–Trinajstić information content (AvgIpc) is 3.54. The number of aliphatic hydroxyl groups excluding tert-OH is 2. The Labute approximate surface area is 249 Å². The van der Waals surface area contributed by atoms with E-state index in [0.717, 1.165) is 12.8 Å². The predicted molar refractivity (Wildman–Crippen MR) is 159 cm³/mol. The van der Waals surface area contributed by atoms with E-state index in [9.17, 15) is 19.6 Å². The smallest absolute Gasteiger partial charge is 0.459 e. The maximum Gasteiger partial charge on any atom is 0.459 e. The van der Waals surface area contributed by atoms with E-state index in [0.29, 0.717) is 11.2 Å². The largest absolute Gasteiger partial charge is 0.464 e. The first-order valence-corrected chi connectivity index (χ1v) is 15.6. The van der Waals surface area contributed by atoms with Gasteiger partial charge in [-0.2, -0.15) is 10.2 Å². The van der Waals surface area contributed by atoms with Crippen LogP contribution in [0.5, 0.6) is 5.75 Å². The Morgan fingerprint density at radius 3 is 2.65 bits per heavy atom. The van der Waals surface area contributed by atoms with Crippen molar-refractivity contribution in [2.75, 3.05) is 26.0 Å². The zero-order chi connectivity index (χ0) is 31.2. The molecule has 0 radical (unpaired) electrons. The maximum atomic E-state index is 14.0. The molecule has 0 saturated carbocycles. The molecule has 14 nitrogen and oxygen atoms in total. The number of anilines is 1. The van der Waals surface area contributed by atoms with Gasteiger partial charge in [0.25, 0.3) is 0 Å². The molecule has 1 fully saturated rings. The van der Waals surface area contributed by atoms with Crippen LogP contribution in [0.2, 0.25) is 0 Å². The fourth-order valence-electron chi connectivity index (χ4n) is 4.83. The second-order valence-electron chi connectivity index (χ2n) is 10.3. The number of esters is 1. The first kappa shape index (κ1) is 32.5. The topological polar surface area (TPSA) is 192 Å². The van der Waals surface area contributed by atoms with Crippen LogP contribution in [0.15, 0.2) is 53.8 Å². The quantitative estimate of drug-likeness (QED) is 0.117. The number of aliphatic hydroxyl groups is 2. The van der Waals surface area contributed by atoms with Gasteiger partial charge in [-0.25, -0.2) is 14.1 Å². The summed E-state index contributed by atoms with van der Waals surface area (Å²) < 4.78 is 38.5. The zero-order valence-electron chi connectivity index (χ0n) is 24.6. The third-order valence-electron chi connectivity index (χ3n) is 7.39. The molecule has 1 unspecified atom stereocenters. The molecule has 15 heteroatoms. The van der Waals surface area contributed by atoms with Crippen molar-refractivity contribution in [2.24, 2.45) is 10.9 Å². The van der Waals surface area contributed by atoms with E-state index in [-0.39, 0.29) is 24.1 Å². The van der Waals surface area contributed by atoms with Gasteiger partial charge < -0.3 is 29.9 Å². The molecular weight excluding hydrogens is 579 g/mol. The van der Waals surface area contributed by atoms with Gasteiger partial charge in [-0.15, -0.1) is 0 Å². The molecule has 1 saturated heterocycles.